The van der Waals surface area contributed by atoms with E-state index >= 15 is 0 Å². The molecule has 1 aromatic carbocycles. The number of fused-ring (bicyclic) bond motifs is 1. The van der Waals surface area contributed by atoms with Crippen molar-refractivity contribution in [3.05, 3.63) is 76.7 Å². The van der Waals surface area contributed by atoms with E-state index in [0.717, 1.165) is 37.0 Å². The van der Waals surface area contributed by atoms with Gasteiger partial charge >= 0.3 is 0 Å². The van der Waals surface area contributed by atoms with Gasteiger partial charge in [-0.25, -0.2) is 4.39 Å². The molecule has 0 atom stereocenters. The standard InChI is InChI=1S/C26H27FN4O4.ClH/c1-17-12-22(30-35-17)16-29-25(33)19-5-9-28-21(14-19)15-24(32)31-10-7-26(8-11-31)6-4-18-13-20(27)2-3-23(18)34-26;/h2-3,5,9,12-14H,4,6-8,10-11,15-16H2,1H3,(H,29,33);1H. The number of rotatable bonds is 5. The molecular formula is C26H28ClFN4O4. The predicted octanol–water partition coefficient (Wildman–Crippen LogP) is 3.80. The van der Waals surface area contributed by atoms with Crippen molar-refractivity contribution >= 4 is 24.2 Å². The Labute approximate surface area is 214 Å². The fourth-order valence-electron chi connectivity index (χ4n) is 4.76. The lowest BCUT2D eigenvalue weighted by molar-refractivity contribution is -0.134. The molecule has 0 unspecified atom stereocenters. The molecule has 10 heteroatoms. The van der Waals surface area contributed by atoms with Crippen LogP contribution in [-0.2, 0) is 24.2 Å². The van der Waals surface area contributed by atoms with E-state index in [1.165, 1.54) is 12.1 Å². The first kappa shape index (κ1) is 25.6. The number of pyridine rings is 1. The van der Waals surface area contributed by atoms with Crippen LogP contribution in [0.1, 0.15) is 52.3 Å². The molecule has 0 aliphatic carbocycles. The summed E-state index contributed by atoms with van der Waals surface area (Å²) in [5.41, 5.74) is 2.22. The van der Waals surface area contributed by atoms with Crippen LogP contribution in [0.3, 0.4) is 0 Å². The van der Waals surface area contributed by atoms with Gasteiger partial charge in [0.05, 0.1) is 18.7 Å². The van der Waals surface area contributed by atoms with Gasteiger partial charge in [0.15, 0.2) is 0 Å². The number of hydrogen-bond acceptors (Lipinski definition) is 6. The summed E-state index contributed by atoms with van der Waals surface area (Å²) in [7, 11) is 0. The number of carbonyl (C=O) groups is 2. The summed E-state index contributed by atoms with van der Waals surface area (Å²) in [6.45, 7) is 3.22. The third kappa shape index (κ3) is 5.67. The topological polar surface area (TPSA) is 97.6 Å². The Hall–Kier alpha value is -3.46. The number of piperidine rings is 1. The summed E-state index contributed by atoms with van der Waals surface area (Å²) < 4.78 is 24.8. The minimum absolute atomic E-state index is 0. The summed E-state index contributed by atoms with van der Waals surface area (Å²) in [5.74, 6) is 0.884. The molecule has 2 amide bonds. The van der Waals surface area contributed by atoms with E-state index in [0.29, 0.717) is 35.8 Å². The van der Waals surface area contributed by atoms with Crippen molar-refractivity contribution in [1.82, 2.24) is 20.4 Å². The molecule has 190 valence electrons. The van der Waals surface area contributed by atoms with Crippen LogP contribution < -0.4 is 10.1 Å². The van der Waals surface area contributed by atoms with Gasteiger partial charge in [0.2, 0.25) is 5.91 Å². The van der Waals surface area contributed by atoms with Gasteiger partial charge in [-0.2, -0.15) is 0 Å². The second-order valence-electron chi connectivity index (χ2n) is 9.24. The molecule has 0 bridgehead atoms. The molecule has 4 heterocycles. The number of nitrogens with zero attached hydrogens (tertiary/aromatic N) is 3. The monoisotopic (exact) mass is 514 g/mol. The Bertz CT molecular complexity index is 1260. The average molecular weight is 515 g/mol. The number of hydrogen-bond donors (Lipinski definition) is 1. The summed E-state index contributed by atoms with van der Waals surface area (Å²) in [6.07, 6.45) is 4.72. The SMILES string of the molecule is Cc1cc(CNC(=O)c2ccnc(CC(=O)N3CCC4(CCc5cc(F)ccc5O4)CC3)c2)no1.Cl. The van der Waals surface area contributed by atoms with Gasteiger partial charge in [-0.05, 0) is 55.7 Å². The molecule has 2 aliphatic heterocycles. The molecule has 1 saturated heterocycles. The number of benzene rings is 1. The Morgan fingerprint density at radius 1 is 1.11 bits per heavy atom. The number of nitrogens with one attached hydrogen (secondary N) is 1. The Morgan fingerprint density at radius 3 is 2.67 bits per heavy atom. The van der Waals surface area contributed by atoms with E-state index in [-0.39, 0.29) is 48.6 Å². The highest BCUT2D eigenvalue weighted by molar-refractivity contribution is 5.94. The minimum atomic E-state index is -0.305. The van der Waals surface area contributed by atoms with Crippen molar-refractivity contribution in [2.24, 2.45) is 0 Å². The zero-order valence-corrected chi connectivity index (χ0v) is 20.8. The van der Waals surface area contributed by atoms with Crippen LogP contribution in [0.4, 0.5) is 4.39 Å². The summed E-state index contributed by atoms with van der Waals surface area (Å²) in [6, 6.07) is 9.69. The van der Waals surface area contributed by atoms with Gasteiger partial charge in [-0.3, -0.25) is 14.6 Å². The van der Waals surface area contributed by atoms with E-state index in [1.54, 1.807) is 37.4 Å². The largest absolute Gasteiger partial charge is 0.487 e. The van der Waals surface area contributed by atoms with Gasteiger partial charge in [0.1, 0.15) is 28.6 Å². The highest BCUT2D eigenvalue weighted by Crippen LogP contribution is 2.39. The van der Waals surface area contributed by atoms with Crippen molar-refractivity contribution < 1.29 is 23.2 Å². The maximum Gasteiger partial charge on any atom is 0.251 e. The first-order chi connectivity index (χ1) is 16.9. The molecule has 0 saturated carbocycles. The molecule has 2 aromatic heterocycles. The maximum absolute atomic E-state index is 13.5. The van der Waals surface area contributed by atoms with Crippen LogP contribution in [0.25, 0.3) is 0 Å². The van der Waals surface area contributed by atoms with Crippen LogP contribution in [0, 0.1) is 12.7 Å². The van der Waals surface area contributed by atoms with Gasteiger partial charge < -0.3 is 19.5 Å². The highest BCUT2D eigenvalue weighted by atomic mass is 35.5. The Balaban J connectivity index is 0.00000304. The molecule has 36 heavy (non-hydrogen) atoms. The van der Waals surface area contributed by atoms with Gasteiger partial charge in [-0.15, -0.1) is 12.4 Å². The molecule has 5 rings (SSSR count). The Morgan fingerprint density at radius 2 is 1.92 bits per heavy atom. The third-order valence-electron chi connectivity index (χ3n) is 6.74. The van der Waals surface area contributed by atoms with Gasteiger partial charge in [-0.1, -0.05) is 5.16 Å². The van der Waals surface area contributed by atoms with Crippen LogP contribution in [0.2, 0.25) is 0 Å². The smallest absolute Gasteiger partial charge is 0.251 e. The molecule has 1 spiro atoms. The molecule has 3 aromatic rings. The van der Waals surface area contributed by atoms with Gasteiger partial charge in [0, 0.05) is 43.8 Å². The Kier molecular flexibility index (Phi) is 7.59. The lowest BCUT2D eigenvalue weighted by atomic mass is 9.83. The number of ether oxygens (including phenoxy) is 1. The molecule has 2 aliphatic rings. The zero-order chi connectivity index (χ0) is 24.4. The molecule has 0 radical (unpaired) electrons. The van der Waals surface area contributed by atoms with E-state index in [2.05, 4.69) is 15.5 Å². The van der Waals surface area contributed by atoms with Crippen molar-refractivity contribution in [3.63, 3.8) is 0 Å². The summed E-state index contributed by atoms with van der Waals surface area (Å²) in [5, 5.41) is 6.66. The summed E-state index contributed by atoms with van der Waals surface area (Å²) in [4.78, 5) is 31.6. The second kappa shape index (κ2) is 10.7. The van der Waals surface area contributed by atoms with Gasteiger partial charge in [0.25, 0.3) is 5.91 Å². The predicted molar refractivity (Wildman–Crippen MR) is 131 cm³/mol. The van der Waals surface area contributed by atoms with Crippen LogP contribution in [-0.4, -0.2) is 45.5 Å². The number of likely N-dealkylation sites (tertiary alicyclic amines) is 1. The van der Waals surface area contributed by atoms with Crippen molar-refractivity contribution in [2.75, 3.05) is 13.1 Å². The molecule has 1 N–H and O–H groups in total. The van der Waals surface area contributed by atoms with Crippen molar-refractivity contribution in [3.8, 4) is 5.75 Å². The quantitative estimate of drug-likeness (QED) is 0.556. The number of carbonyl (C=O) groups excluding carboxylic acids is 2. The second-order valence-corrected chi connectivity index (χ2v) is 9.24. The highest BCUT2D eigenvalue weighted by Gasteiger charge is 2.40. The fourth-order valence-corrected chi connectivity index (χ4v) is 4.76. The third-order valence-corrected chi connectivity index (χ3v) is 6.74. The minimum Gasteiger partial charge on any atom is -0.487 e. The molecule has 1 fully saturated rings. The first-order valence-electron chi connectivity index (χ1n) is 11.8. The first-order valence-corrected chi connectivity index (χ1v) is 11.8. The van der Waals surface area contributed by atoms with E-state index in [4.69, 9.17) is 9.26 Å². The lowest BCUT2D eigenvalue weighted by Gasteiger charge is -2.44. The van der Waals surface area contributed by atoms with Crippen molar-refractivity contribution in [1.29, 1.82) is 0 Å². The zero-order valence-electron chi connectivity index (χ0n) is 20.0. The number of aromatic nitrogens is 2. The number of amides is 2. The van der Waals surface area contributed by atoms with Crippen molar-refractivity contribution in [2.45, 2.75) is 51.2 Å². The van der Waals surface area contributed by atoms with E-state index in [9.17, 15) is 14.0 Å². The van der Waals surface area contributed by atoms with Crippen LogP contribution in [0.15, 0.2) is 47.1 Å². The number of aryl methyl sites for hydroxylation is 2. The normalized spacial score (nSPS) is 16.0. The average Bonchev–Trinajstić information content (AvgIpc) is 3.28. The van der Waals surface area contributed by atoms with E-state index < -0.39 is 0 Å². The number of halogens is 2. The van der Waals surface area contributed by atoms with Crippen LogP contribution in [0.5, 0.6) is 5.75 Å². The maximum atomic E-state index is 13.5. The molecule has 8 nitrogen and oxygen atoms in total. The summed E-state index contributed by atoms with van der Waals surface area (Å²) >= 11 is 0. The fraction of sp³-hybridized carbons (Fsp3) is 0.385. The molecular weight excluding hydrogens is 487 g/mol. The lowest BCUT2D eigenvalue weighted by Crippen LogP contribution is -2.51. The van der Waals surface area contributed by atoms with Crippen LogP contribution >= 0.6 is 12.4 Å². The van der Waals surface area contributed by atoms with E-state index in [1.807, 2.05) is 4.90 Å².